The Bertz CT molecular complexity index is 1210. The van der Waals surface area contributed by atoms with Crippen molar-refractivity contribution in [1.29, 1.82) is 0 Å². The Hall–Kier alpha value is -3.65. The summed E-state index contributed by atoms with van der Waals surface area (Å²) >= 11 is 0. The van der Waals surface area contributed by atoms with Gasteiger partial charge >= 0.3 is 6.18 Å². The van der Waals surface area contributed by atoms with Gasteiger partial charge in [-0.3, -0.25) is 14.4 Å². The highest BCUT2D eigenvalue weighted by molar-refractivity contribution is 6.23. The van der Waals surface area contributed by atoms with Gasteiger partial charge in [0.25, 0.3) is 5.91 Å². The van der Waals surface area contributed by atoms with Crippen molar-refractivity contribution < 1.29 is 27.6 Å². The number of hydrogen-bond acceptors (Lipinski definition) is 4. The first-order valence-corrected chi connectivity index (χ1v) is 10.4. The van der Waals surface area contributed by atoms with Crippen LogP contribution in [0.3, 0.4) is 0 Å². The minimum absolute atomic E-state index is 0.244. The number of para-hydroxylation sites is 1. The van der Waals surface area contributed by atoms with Gasteiger partial charge in [-0.15, -0.1) is 0 Å². The van der Waals surface area contributed by atoms with Gasteiger partial charge in [-0.05, 0) is 48.9 Å². The Morgan fingerprint density at radius 2 is 1.52 bits per heavy atom. The van der Waals surface area contributed by atoms with Gasteiger partial charge in [0.05, 0.1) is 23.0 Å². The van der Waals surface area contributed by atoms with Gasteiger partial charge in [0.1, 0.15) is 5.92 Å². The number of halogens is 3. The molecule has 168 valence electrons. The molecule has 3 aromatic rings. The fourth-order valence-corrected chi connectivity index (χ4v) is 4.40. The van der Waals surface area contributed by atoms with Crippen molar-refractivity contribution in [1.82, 2.24) is 0 Å². The average Bonchev–Trinajstić information content (AvgIpc) is 3.31. The highest BCUT2D eigenvalue weighted by atomic mass is 19.4. The van der Waals surface area contributed by atoms with E-state index in [4.69, 9.17) is 4.84 Å². The lowest BCUT2D eigenvalue weighted by Gasteiger charge is -2.29. The lowest BCUT2D eigenvalue weighted by atomic mass is 9.89. The van der Waals surface area contributed by atoms with Crippen LogP contribution in [0.1, 0.15) is 22.7 Å². The molecular weight excluding hydrogens is 433 g/mol. The van der Waals surface area contributed by atoms with Crippen LogP contribution < -0.4 is 9.96 Å². The molecule has 0 radical (unpaired) electrons. The van der Waals surface area contributed by atoms with Crippen molar-refractivity contribution in [2.75, 3.05) is 9.96 Å². The minimum atomic E-state index is -4.55. The van der Waals surface area contributed by atoms with Gasteiger partial charge in [-0.2, -0.15) is 13.2 Å². The summed E-state index contributed by atoms with van der Waals surface area (Å²) in [6.07, 6.45) is -5.69. The Morgan fingerprint density at radius 1 is 0.818 bits per heavy atom. The molecule has 3 atom stereocenters. The second-order valence-corrected chi connectivity index (χ2v) is 8.13. The van der Waals surface area contributed by atoms with E-state index >= 15 is 0 Å². The number of imide groups is 1. The first kappa shape index (κ1) is 21.2. The van der Waals surface area contributed by atoms with Crippen molar-refractivity contribution in [2.45, 2.75) is 25.2 Å². The van der Waals surface area contributed by atoms with Crippen LogP contribution in [0.2, 0.25) is 0 Å². The second kappa shape index (κ2) is 7.74. The summed E-state index contributed by atoms with van der Waals surface area (Å²) in [5, 5.41) is 1.38. The maximum Gasteiger partial charge on any atom is 0.416 e. The Labute approximate surface area is 187 Å². The van der Waals surface area contributed by atoms with E-state index in [1.54, 1.807) is 54.6 Å². The molecule has 0 saturated carbocycles. The normalized spacial score (nSPS) is 22.7. The maximum atomic E-state index is 13.5. The molecule has 0 N–H and O–H groups in total. The van der Waals surface area contributed by atoms with Crippen molar-refractivity contribution in [3.63, 3.8) is 0 Å². The zero-order valence-electron chi connectivity index (χ0n) is 17.5. The van der Waals surface area contributed by atoms with E-state index < -0.39 is 41.6 Å². The number of amides is 2. The van der Waals surface area contributed by atoms with Crippen LogP contribution in [-0.4, -0.2) is 17.9 Å². The van der Waals surface area contributed by atoms with E-state index in [-0.39, 0.29) is 5.56 Å². The number of alkyl halides is 3. The van der Waals surface area contributed by atoms with E-state index in [1.165, 1.54) is 17.2 Å². The molecule has 33 heavy (non-hydrogen) atoms. The van der Waals surface area contributed by atoms with E-state index in [0.717, 1.165) is 22.6 Å². The van der Waals surface area contributed by atoms with Crippen LogP contribution in [0.5, 0.6) is 0 Å². The molecule has 2 amide bonds. The third-order valence-electron chi connectivity index (χ3n) is 5.97. The van der Waals surface area contributed by atoms with Gasteiger partial charge in [0.15, 0.2) is 6.10 Å². The average molecular weight is 452 g/mol. The van der Waals surface area contributed by atoms with Crippen LogP contribution in [0.4, 0.5) is 24.5 Å². The van der Waals surface area contributed by atoms with Gasteiger partial charge in [-0.25, -0.2) is 9.96 Å². The van der Waals surface area contributed by atoms with Crippen molar-refractivity contribution in [3.8, 4) is 0 Å². The van der Waals surface area contributed by atoms with Crippen LogP contribution in [-0.2, 0) is 20.6 Å². The summed E-state index contributed by atoms with van der Waals surface area (Å²) in [5.41, 5.74) is 1.32. The molecule has 0 aromatic heterocycles. The van der Waals surface area contributed by atoms with Crippen LogP contribution >= 0.6 is 0 Å². The number of nitrogens with zero attached hydrogens (tertiary/aromatic N) is 2. The third-order valence-corrected chi connectivity index (χ3v) is 5.97. The largest absolute Gasteiger partial charge is 0.416 e. The van der Waals surface area contributed by atoms with Crippen LogP contribution in [0.25, 0.3) is 0 Å². The molecule has 0 aliphatic carbocycles. The topological polar surface area (TPSA) is 49.9 Å². The summed E-state index contributed by atoms with van der Waals surface area (Å²) in [6, 6.07) is 19.5. The lowest BCUT2D eigenvalue weighted by Crippen LogP contribution is -2.37. The zero-order chi connectivity index (χ0) is 23.3. The highest BCUT2D eigenvalue weighted by Crippen LogP contribution is 2.48. The minimum Gasteiger partial charge on any atom is -0.273 e. The molecule has 0 unspecified atom stereocenters. The number of carbonyl (C=O) groups excluding carboxylic acids is 2. The third kappa shape index (κ3) is 3.56. The van der Waals surface area contributed by atoms with E-state index in [1.807, 2.05) is 6.92 Å². The molecular formula is C25H19F3N2O3. The Kier molecular flexibility index (Phi) is 4.97. The predicted octanol–water partition coefficient (Wildman–Crippen LogP) is 5.06. The number of aryl methyl sites for hydroxylation is 1. The second-order valence-electron chi connectivity index (χ2n) is 8.13. The standard InChI is InChI=1S/C25H19F3N2O3/c1-15-10-12-18(13-11-15)29-23(31)20-21(16-6-5-7-17(14-16)25(26,27)28)30(33-22(20)24(29)32)19-8-3-2-4-9-19/h2-14,20-22H,1H3/t20-,21-,22-/m0/s1. The molecule has 0 spiro atoms. The molecule has 8 heteroatoms. The van der Waals surface area contributed by atoms with Crippen molar-refractivity contribution in [2.24, 2.45) is 5.92 Å². The van der Waals surface area contributed by atoms with Gasteiger partial charge in [0.2, 0.25) is 5.91 Å². The van der Waals surface area contributed by atoms with Gasteiger partial charge in [0, 0.05) is 0 Å². The van der Waals surface area contributed by atoms with Gasteiger partial charge in [-0.1, -0.05) is 48.0 Å². The van der Waals surface area contributed by atoms with E-state index in [0.29, 0.717) is 11.4 Å². The first-order chi connectivity index (χ1) is 15.8. The Balaban J connectivity index is 1.60. The van der Waals surface area contributed by atoms with E-state index in [2.05, 4.69) is 0 Å². The van der Waals surface area contributed by atoms with Crippen LogP contribution in [0.15, 0.2) is 78.9 Å². The molecule has 5 rings (SSSR count). The zero-order valence-corrected chi connectivity index (χ0v) is 17.5. The monoisotopic (exact) mass is 452 g/mol. The fourth-order valence-electron chi connectivity index (χ4n) is 4.40. The number of carbonyl (C=O) groups is 2. The highest BCUT2D eigenvalue weighted by Gasteiger charge is 2.60. The number of hydrogen-bond donors (Lipinski definition) is 0. The molecule has 2 aliphatic rings. The summed E-state index contributed by atoms with van der Waals surface area (Å²) < 4.78 is 40.3. The smallest absolute Gasteiger partial charge is 0.273 e. The first-order valence-electron chi connectivity index (χ1n) is 10.4. The van der Waals surface area contributed by atoms with Crippen molar-refractivity contribution in [3.05, 3.63) is 95.6 Å². The Morgan fingerprint density at radius 3 is 2.18 bits per heavy atom. The molecule has 2 saturated heterocycles. The molecule has 2 fully saturated rings. The molecule has 3 aromatic carbocycles. The number of anilines is 2. The maximum absolute atomic E-state index is 13.5. The summed E-state index contributed by atoms with van der Waals surface area (Å²) in [5.74, 6) is -2.04. The van der Waals surface area contributed by atoms with Crippen molar-refractivity contribution >= 4 is 23.2 Å². The number of rotatable bonds is 3. The number of hydroxylamine groups is 1. The molecule has 2 aliphatic heterocycles. The molecule has 2 heterocycles. The predicted molar refractivity (Wildman–Crippen MR) is 115 cm³/mol. The SMILES string of the molecule is Cc1ccc(N2C(=O)[C@@H]3[C@H](ON(c4ccccc4)[C@H]3c3cccc(C(F)(F)F)c3)C2=O)cc1. The number of benzene rings is 3. The number of fused-ring (bicyclic) bond motifs is 1. The van der Waals surface area contributed by atoms with Crippen LogP contribution in [0, 0.1) is 12.8 Å². The summed E-state index contributed by atoms with van der Waals surface area (Å²) in [7, 11) is 0. The lowest BCUT2D eigenvalue weighted by molar-refractivity contribution is -0.137. The van der Waals surface area contributed by atoms with Gasteiger partial charge < -0.3 is 0 Å². The summed E-state index contributed by atoms with van der Waals surface area (Å²) in [6.45, 7) is 1.89. The fraction of sp³-hybridized carbons (Fsp3) is 0.200. The molecule has 5 nitrogen and oxygen atoms in total. The summed E-state index contributed by atoms with van der Waals surface area (Å²) in [4.78, 5) is 33.8. The van der Waals surface area contributed by atoms with E-state index in [9.17, 15) is 22.8 Å². The quantitative estimate of drug-likeness (QED) is 0.521. The molecule has 0 bridgehead atoms.